The summed E-state index contributed by atoms with van der Waals surface area (Å²) in [7, 11) is 0. The van der Waals surface area contributed by atoms with Gasteiger partial charge in [0.1, 0.15) is 0 Å². The van der Waals surface area contributed by atoms with Crippen molar-refractivity contribution in [3.05, 3.63) is 0 Å². The van der Waals surface area contributed by atoms with Crippen LogP contribution >= 0.6 is 0 Å². The average molecular weight is 228 g/mol. The van der Waals surface area contributed by atoms with Crippen molar-refractivity contribution in [2.75, 3.05) is 32.7 Å². The minimum atomic E-state index is -0.808. The minimum Gasteiger partial charge on any atom is -0.481 e. The number of carboxylic acids is 1. The molecule has 0 aliphatic carbocycles. The molecule has 92 valence electrons. The van der Waals surface area contributed by atoms with Gasteiger partial charge in [0.05, 0.1) is 13.0 Å². The molecule has 0 spiro atoms. The molecule has 1 saturated heterocycles. The van der Waals surface area contributed by atoms with Gasteiger partial charge in [0.15, 0.2) is 0 Å². The third kappa shape index (κ3) is 4.18. The fourth-order valence-electron chi connectivity index (χ4n) is 1.84. The lowest BCUT2D eigenvalue weighted by atomic mass is 10.2. The van der Waals surface area contributed by atoms with Crippen LogP contribution in [0.4, 0.5) is 0 Å². The van der Waals surface area contributed by atoms with Crippen LogP contribution in [0.15, 0.2) is 0 Å². The summed E-state index contributed by atoms with van der Waals surface area (Å²) in [5.74, 6) is -0.211. The van der Waals surface area contributed by atoms with Crippen LogP contribution in [-0.4, -0.2) is 59.5 Å². The van der Waals surface area contributed by atoms with Gasteiger partial charge in [-0.2, -0.15) is 0 Å². The Morgan fingerprint density at radius 3 is 2.62 bits per heavy atom. The van der Waals surface area contributed by atoms with Gasteiger partial charge in [0.2, 0.25) is 5.91 Å². The first-order valence-corrected chi connectivity index (χ1v) is 5.71. The molecular weight excluding hydrogens is 208 g/mol. The molecule has 1 rings (SSSR count). The number of carbonyl (C=O) groups excluding carboxylic acids is 1. The van der Waals surface area contributed by atoms with Crippen LogP contribution in [0.3, 0.4) is 0 Å². The number of hydrogen-bond donors (Lipinski definition) is 1. The van der Waals surface area contributed by atoms with Gasteiger partial charge in [-0.25, -0.2) is 0 Å². The second-order valence-corrected chi connectivity index (χ2v) is 4.65. The zero-order valence-corrected chi connectivity index (χ0v) is 9.98. The van der Waals surface area contributed by atoms with E-state index in [0.717, 1.165) is 19.6 Å². The summed E-state index contributed by atoms with van der Waals surface area (Å²) in [5, 5.41) is 8.56. The zero-order valence-electron chi connectivity index (χ0n) is 9.98. The van der Waals surface area contributed by atoms with Crippen molar-refractivity contribution in [3.8, 4) is 0 Å². The molecule has 5 heteroatoms. The molecule has 5 nitrogen and oxygen atoms in total. The van der Waals surface area contributed by atoms with Crippen LogP contribution in [-0.2, 0) is 9.59 Å². The van der Waals surface area contributed by atoms with E-state index in [1.807, 2.05) is 9.80 Å². The quantitative estimate of drug-likeness (QED) is 0.733. The molecule has 1 amide bonds. The van der Waals surface area contributed by atoms with E-state index in [4.69, 9.17) is 5.11 Å². The monoisotopic (exact) mass is 228 g/mol. The van der Waals surface area contributed by atoms with Crippen LogP contribution in [0, 0.1) is 5.92 Å². The molecule has 16 heavy (non-hydrogen) atoms. The zero-order chi connectivity index (χ0) is 12.1. The predicted molar refractivity (Wildman–Crippen MR) is 60.1 cm³/mol. The van der Waals surface area contributed by atoms with Gasteiger partial charge >= 0.3 is 5.97 Å². The normalized spacial score (nSPS) is 18.2. The topological polar surface area (TPSA) is 60.9 Å². The summed E-state index contributed by atoms with van der Waals surface area (Å²) in [4.78, 5) is 25.9. The van der Waals surface area contributed by atoms with Gasteiger partial charge in [-0.15, -0.1) is 0 Å². The first-order valence-electron chi connectivity index (χ1n) is 5.71. The maximum absolute atomic E-state index is 11.7. The number of aliphatic carboxylic acids is 1. The molecule has 0 aromatic rings. The second kappa shape index (κ2) is 5.84. The lowest BCUT2D eigenvalue weighted by Gasteiger charge is -2.34. The highest BCUT2D eigenvalue weighted by Crippen LogP contribution is 2.07. The maximum Gasteiger partial charge on any atom is 0.304 e. The molecule has 0 saturated carbocycles. The number of amides is 1. The second-order valence-electron chi connectivity index (χ2n) is 4.65. The Morgan fingerprint density at radius 1 is 1.44 bits per heavy atom. The van der Waals surface area contributed by atoms with E-state index < -0.39 is 5.97 Å². The number of carbonyl (C=O) groups is 2. The molecule has 1 aliphatic rings. The standard InChI is InChI=1S/C11H20N2O3/c1-9(2)7-13-6-5-12(8-10(13)14)4-3-11(15)16/h9H,3-8H2,1-2H3,(H,15,16). The summed E-state index contributed by atoms with van der Waals surface area (Å²) in [6.07, 6.45) is 0.109. The van der Waals surface area contributed by atoms with Crippen molar-refractivity contribution in [3.63, 3.8) is 0 Å². The Bertz CT molecular complexity index is 266. The highest BCUT2D eigenvalue weighted by atomic mass is 16.4. The molecular formula is C11H20N2O3. The Morgan fingerprint density at radius 2 is 2.12 bits per heavy atom. The smallest absolute Gasteiger partial charge is 0.304 e. The average Bonchev–Trinajstić information content (AvgIpc) is 2.18. The molecule has 0 radical (unpaired) electrons. The number of piperazine rings is 1. The van der Waals surface area contributed by atoms with Gasteiger partial charge in [0.25, 0.3) is 0 Å². The number of hydrogen-bond acceptors (Lipinski definition) is 3. The van der Waals surface area contributed by atoms with Crippen molar-refractivity contribution in [1.82, 2.24) is 9.80 Å². The summed E-state index contributed by atoms with van der Waals surface area (Å²) in [5.41, 5.74) is 0. The van der Waals surface area contributed by atoms with E-state index in [0.29, 0.717) is 19.0 Å². The van der Waals surface area contributed by atoms with Crippen molar-refractivity contribution in [2.45, 2.75) is 20.3 Å². The van der Waals surface area contributed by atoms with Gasteiger partial charge in [0, 0.05) is 26.2 Å². The predicted octanol–water partition coefficient (Wildman–Crippen LogP) is 0.261. The molecule has 1 fully saturated rings. The van der Waals surface area contributed by atoms with Crippen LogP contribution in [0.5, 0.6) is 0 Å². The SMILES string of the molecule is CC(C)CN1CCN(CCC(=O)O)CC1=O. The highest BCUT2D eigenvalue weighted by Gasteiger charge is 2.24. The third-order valence-electron chi connectivity index (χ3n) is 2.63. The molecule has 1 aliphatic heterocycles. The van der Waals surface area contributed by atoms with Crippen LogP contribution in [0.25, 0.3) is 0 Å². The maximum atomic E-state index is 11.7. The number of nitrogens with zero attached hydrogens (tertiary/aromatic N) is 2. The Kier molecular flexibility index (Phi) is 4.73. The Hall–Kier alpha value is -1.10. The van der Waals surface area contributed by atoms with E-state index >= 15 is 0 Å². The molecule has 1 N–H and O–H groups in total. The molecule has 0 bridgehead atoms. The van der Waals surface area contributed by atoms with Crippen LogP contribution in [0.2, 0.25) is 0 Å². The summed E-state index contributed by atoms with van der Waals surface area (Å²) >= 11 is 0. The summed E-state index contributed by atoms with van der Waals surface area (Å²) in [6.45, 7) is 7.30. The van der Waals surface area contributed by atoms with E-state index in [2.05, 4.69) is 13.8 Å². The molecule has 1 heterocycles. The largest absolute Gasteiger partial charge is 0.481 e. The summed E-state index contributed by atoms with van der Waals surface area (Å²) in [6, 6.07) is 0. The van der Waals surface area contributed by atoms with Gasteiger partial charge in [-0.05, 0) is 5.92 Å². The first kappa shape index (κ1) is 13.0. The third-order valence-corrected chi connectivity index (χ3v) is 2.63. The molecule has 0 unspecified atom stereocenters. The van der Waals surface area contributed by atoms with Crippen molar-refractivity contribution >= 4 is 11.9 Å². The van der Waals surface area contributed by atoms with Crippen molar-refractivity contribution in [1.29, 1.82) is 0 Å². The fourth-order valence-corrected chi connectivity index (χ4v) is 1.84. The van der Waals surface area contributed by atoms with E-state index in [1.54, 1.807) is 0 Å². The lowest BCUT2D eigenvalue weighted by Crippen LogP contribution is -2.51. The van der Waals surface area contributed by atoms with Crippen molar-refractivity contribution < 1.29 is 14.7 Å². The number of rotatable bonds is 5. The van der Waals surface area contributed by atoms with Gasteiger partial charge < -0.3 is 10.0 Å². The highest BCUT2D eigenvalue weighted by molar-refractivity contribution is 5.79. The van der Waals surface area contributed by atoms with Crippen LogP contribution in [0.1, 0.15) is 20.3 Å². The van der Waals surface area contributed by atoms with Crippen LogP contribution < -0.4 is 0 Å². The van der Waals surface area contributed by atoms with Crippen molar-refractivity contribution in [2.24, 2.45) is 5.92 Å². The molecule has 0 aromatic heterocycles. The molecule has 0 aromatic carbocycles. The minimum absolute atomic E-state index is 0.109. The first-order chi connectivity index (χ1) is 7.49. The Balaban J connectivity index is 2.33. The van der Waals surface area contributed by atoms with E-state index in [1.165, 1.54) is 0 Å². The fraction of sp³-hybridized carbons (Fsp3) is 0.818. The van der Waals surface area contributed by atoms with E-state index in [9.17, 15) is 9.59 Å². The molecule has 0 atom stereocenters. The van der Waals surface area contributed by atoms with E-state index in [-0.39, 0.29) is 12.3 Å². The van der Waals surface area contributed by atoms with Gasteiger partial charge in [-0.3, -0.25) is 14.5 Å². The lowest BCUT2D eigenvalue weighted by molar-refractivity contribution is -0.140. The Labute approximate surface area is 96.0 Å². The number of carboxylic acid groups (broad SMARTS) is 1. The van der Waals surface area contributed by atoms with Gasteiger partial charge in [-0.1, -0.05) is 13.8 Å². The summed E-state index contributed by atoms with van der Waals surface area (Å²) < 4.78 is 0.